The summed E-state index contributed by atoms with van der Waals surface area (Å²) in [4.78, 5) is 11.9. The molecular formula is C14H25N5O3. The Kier molecular flexibility index (Phi) is 6.14. The van der Waals surface area contributed by atoms with Crippen molar-refractivity contribution in [2.75, 3.05) is 33.4 Å². The van der Waals surface area contributed by atoms with Crippen LogP contribution in [0.5, 0.6) is 0 Å². The van der Waals surface area contributed by atoms with Gasteiger partial charge in [0.25, 0.3) is 0 Å². The van der Waals surface area contributed by atoms with Gasteiger partial charge >= 0.3 is 6.09 Å². The van der Waals surface area contributed by atoms with Gasteiger partial charge in [0.05, 0.1) is 12.6 Å². The summed E-state index contributed by atoms with van der Waals surface area (Å²) < 4.78 is 12.0. The first-order chi connectivity index (χ1) is 10.6. The van der Waals surface area contributed by atoms with Gasteiger partial charge in [-0.1, -0.05) is 13.8 Å². The van der Waals surface area contributed by atoms with E-state index in [0.717, 1.165) is 37.7 Å². The highest BCUT2D eigenvalue weighted by atomic mass is 16.6. The second-order valence-corrected chi connectivity index (χ2v) is 5.62. The summed E-state index contributed by atoms with van der Waals surface area (Å²) in [7, 11) is 1.57. The Morgan fingerprint density at radius 1 is 1.36 bits per heavy atom. The molecule has 2 N–H and O–H groups in total. The second kappa shape index (κ2) is 8.09. The molecule has 1 amide bonds. The van der Waals surface area contributed by atoms with Crippen LogP contribution in [0.3, 0.4) is 0 Å². The van der Waals surface area contributed by atoms with E-state index in [2.05, 4.69) is 25.4 Å². The number of hydrogen-bond donors (Lipinski definition) is 2. The lowest BCUT2D eigenvalue weighted by Crippen LogP contribution is -2.35. The first kappa shape index (κ1) is 16.7. The topological polar surface area (TPSA) is 90.3 Å². The van der Waals surface area contributed by atoms with Crippen LogP contribution in [0.15, 0.2) is 0 Å². The van der Waals surface area contributed by atoms with Crippen molar-refractivity contribution in [2.45, 2.75) is 32.9 Å². The number of carbonyl (C=O) groups excluding carboxylic acids is 1. The molecule has 8 heteroatoms. The van der Waals surface area contributed by atoms with E-state index in [9.17, 15) is 4.79 Å². The summed E-state index contributed by atoms with van der Waals surface area (Å²) in [5.74, 6) is 1.93. The number of fused-ring (bicyclic) bond motifs is 1. The van der Waals surface area contributed by atoms with Crippen LogP contribution >= 0.6 is 0 Å². The average Bonchev–Trinajstić information content (AvgIpc) is 2.73. The zero-order chi connectivity index (χ0) is 15.9. The number of aromatic nitrogens is 3. The second-order valence-electron chi connectivity index (χ2n) is 5.62. The van der Waals surface area contributed by atoms with Crippen molar-refractivity contribution in [1.82, 2.24) is 25.4 Å². The van der Waals surface area contributed by atoms with E-state index < -0.39 is 6.09 Å². The van der Waals surface area contributed by atoms with Crippen LogP contribution < -0.4 is 10.6 Å². The van der Waals surface area contributed by atoms with Crippen molar-refractivity contribution < 1.29 is 14.3 Å². The number of rotatable bonds is 6. The molecule has 0 aliphatic carbocycles. The Hall–Kier alpha value is -1.67. The number of nitrogens with zero attached hydrogens (tertiary/aromatic N) is 3. The Morgan fingerprint density at radius 2 is 2.18 bits per heavy atom. The molecule has 1 aliphatic heterocycles. The van der Waals surface area contributed by atoms with Crippen LogP contribution in [0.1, 0.15) is 31.5 Å². The van der Waals surface area contributed by atoms with Crippen LogP contribution in [0.2, 0.25) is 0 Å². The van der Waals surface area contributed by atoms with Crippen LogP contribution in [0.4, 0.5) is 4.79 Å². The SMILES string of the molecule is COCCOC(=O)NC(c1nnc2n1CCNCC2)C(C)C. The van der Waals surface area contributed by atoms with Crippen molar-refractivity contribution in [3.8, 4) is 0 Å². The average molecular weight is 311 g/mol. The summed E-state index contributed by atoms with van der Waals surface area (Å²) in [6.07, 6.45) is 0.385. The van der Waals surface area contributed by atoms with E-state index in [1.54, 1.807) is 7.11 Å². The lowest BCUT2D eigenvalue weighted by atomic mass is 10.0. The van der Waals surface area contributed by atoms with Crippen LogP contribution in [0, 0.1) is 5.92 Å². The monoisotopic (exact) mass is 311 g/mol. The predicted octanol–water partition coefficient (Wildman–Crippen LogP) is 0.494. The molecule has 0 radical (unpaired) electrons. The van der Waals surface area contributed by atoms with Crippen molar-refractivity contribution in [1.29, 1.82) is 0 Å². The maximum Gasteiger partial charge on any atom is 0.407 e. The molecule has 22 heavy (non-hydrogen) atoms. The van der Waals surface area contributed by atoms with Crippen LogP contribution in [-0.4, -0.2) is 54.3 Å². The van der Waals surface area contributed by atoms with Gasteiger partial charge in [0.15, 0.2) is 5.82 Å². The molecular weight excluding hydrogens is 286 g/mol. The summed E-state index contributed by atoms with van der Waals surface area (Å²) in [6.45, 7) is 7.27. The van der Waals surface area contributed by atoms with Gasteiger partial charge in [-0.05, 0) is 5.92 Å². The number of ether oxygens (including phenoxy) is 2. The molecule has 1 unspecified atom stereocenters. The maximum absolute atomic E-state index is 11.9. The Bertz CT molecular complexity index is 489. The minimum Gasteiger partial charge on any atom is -0.447 e. The Labute approximate surface area is 130 Å². The lowest BCUT2D eigenvalue weighted by molar-refractivity contribution is 0.0945. The quantitative estimate of drug-likeness (QED) is 0.743. The molecule has 1 aromatic heterocycles. The molecule has 0 aromatic carbocycles. The maximum atomic E-state index is 11.9. The zero-order valence-corrected chi connectivity index (χ0v) is 13.5. The standard InChI is InChI=1S/C14H25N5O3/c1-10(2)12(16-14(20)22-9-8-21-3)13-18-17-11-4-5-15-6-7-19(11)13/h10,12,15H,4-9H2,1-3H3,(H,16,20). The highest BCUT2D eigenvalue weighted by Gasteiger charge is 2.26. The summed E-state index contributed by atoms with van der Waals surface area (Å²) in [6, 6.07) is -0.227. The van der Waals surface area contributed by atoms with E-state index in [4.69, 9.17) is 9.47 Å². The van der Waals surface area contributed by atoms with Gasteiger partial charge in [0, 0.05) is 33.2 Å². The molecule has 0 saturated carbocycles. The van der Waals surface area contributed by atoms with Crippen molar-refractivity contribution >= 4 is 6.09 Å². The number of hydrogen-bond acceptors (Lipinski definition) is 6. The minimum absolute atomic E-state index is 0.180. The molecule has 1 aromatic rings. The third-order valence-corrected chi connectivity index (χ3v) is 3.63. The molecule has 2 heterocycles. The fourth-order valence-corrected chi connectivity index (χ4v) is 2.44. The van der Waals surface area contributed by atoms with Crippen molar-refractivity contribution in [3.05, 3.63) is 11.6 Å². The van der Waals surface area contributed by atoms with Crippen LogP contribution in [0.25, 0.3) is 0 Å². The first-order valence-corrected chi connectivity index (χ1v) is 7.68. The Balaban J connectivity index is 2.08. The number of alkyl carbamates (subject to hydrolysis) is 1. The molecule has 124 valence electrons. The fraction of sp³-hybridized carbons (Fsp3) is 0.786. The molecule has 0 spiro atoms. The summed E-state index contributed by atoms with van der Waals surface area (Å²) >= 11 is 0. The molecule has 0 saturated heterocycles. The van der Waals surface area contributed by atoms with Crippen molar-refractivity contribution in [2.24, 2.45) is 5.92 Å². The predicted molar refractivity (Wildman–Crippen MR) is 80.5 cm³/mol. The van der Waals surface area contributed by atoms with Gasteiger partial charge in [-0.25, -0.2) is 4.79 Å². The largest absolute Gasteiger partial charge is 0.447 e. The highest BCUT2D eigenvalue weighted by Crippen LogP contribution is 2.21. The minimum atomic E-state index is -0.458. The van der Waals surface area contributed by atoms with Gasteiger partial charge in [-0.2, -0.15) is 0 Å². The van der Waals surface area contributed by atoms with Crippen molar-refractivity contribution in [3.63, 3.8) is 0 Å². The van der Waals surface area contributed by atoms with E-state index in [-0.39, 0.29) is 18.6 Å². The highest BCUT2D eigenvalue weighted by molar-refractivity contribution is 5.67. The number of methoxy groups -OCH3 is 1. The zero-order valence-electron chi connectivity index (χ0n) is 13.5. The molecule has 8 nitrogen and oxygen atoms in total. The number of carbonyl (C=O) groups is 1. The summed E-state index contributed by atoms with van der Waals surface area (Å²) in [5.41, 5.74) is 0. The van der Waals surface area contributed by atoms with Gasteiger partial charge in [0.1, 0.15) is 12.4 Å². The first-order valence-electron chi connectivity index (χ1n) is 7.68. The van der Waals surface area contributed by atoms with E-state index >= 15 is 0 Å². The molecule has 1 atom stereocenters. The van der Waals surface area contributed by atoms with Gasteiger partial charge < -0.3 is 24.7 Å². The van der Waals surface area contributed by atoms with Gasteiger partial charge in [-0.3, -0.25) is 0 Å². The molecule has 2 rings (SSSR count). The van der Waals surface area contributed by atoms with Crippen LogP contribution in [-0.2, 0) is 22.4 Å². The Morgan fingerprint density at radius 3 is 2.91 bits per heavy atom. The number of nitrogens with one attached hydrogen (secondary N) is 2. The molecule has 0 bridgehead atoms. The normalized spacial score (nSPS) is 16.0. The van der Waals surface area contributed by atoms with E-state index in [1.165, 1.54) is 0 Å². The third-order valence-electron chi connectivity index (χ3n) is 3.63. The summed E-state index contributed by atoms with van der Waals surface area (Å²) in [5, 5.41) is 14.8. The third kappa shape index (κ3) is 4.17. The fourth-order valence-electron chi connectivity index (χ4n) is 2.44. The molecule has 0 fully saturated rings. The van der Waals surface area contributed by atoms with E-state index in [1.807, 2.05) is 13.8 Å². The van der Waals surface area contributed by atoms with Gasteiger partial charge in [0.2, 0.25) is 0 Å². The lowest BCUT2D eigenvalue weighted by Gasteiger charge is -2.22. The molecule has 1 aliphatic rings. The van der Waals surface area contributed by atoms with E-state index in [0.29, 0.717) is 6.61 Å². The van der Waals surface area contributed by atoms with Gasteiger partial charge in [-0.15, -0.1) is 10.2 Å². The smallest absolute Gasteiger partial charge is 0.407 e. The number of amides is 1.